The van der Waals surface area contributed by atoms with E-state index in [0.29, 0.717) is 48.8 Å². The molecular weight excluding hydrogens is 820 g/mol. The summed E-state index contributed by atoms with van der Waals surface area (Å²) in [6.45, 7) is 9.86. The summed E-state index contributed by atoms with van der Waals surface area (Å²) in [4.78, 5) is 37.7. The Morgan fingerprint density at radius 2 is 0.790 bits per heavy atom. The molecule has 0 aliphatic rings. The van der Waals surface area contributed by atoms with Crippen molar-refractivity contribution in [2.75, 3.05) is 39.4 Å². The van der Waals surface area contributed by atoms with Crippen molar-refractivity contribution in [1.82, 2.24) is 10.6 Å². The van der Waals surface area contributed by atoms with E-state index >= 15 is 0 Å². The minimum atomic E-state index is -2.20. The molecule has 10 atom stereocenters. The fourth-order valence-electron chi connectivity index (χ4n) is 5.02. The molecule has 0 aromatic heterocycles. The highest BCUT2D eigenvalue weighted by molar-refractivity contribution is 5.97. The van der Waals surface area contributed by atoms with E-state index in [9.17, 15) is 9.59 Å². The van der Waals surface area contributed by atoms with Crippen molar-refractivity contribution in [2.45, 2.75) is 154 Å². The molecular formula is C38H80N10O14. The fourth-order valence-corrected chi connectivity index (χ4v) is 5.02. The van der Waals surface area contributed by atoms with Crippen molar-refractivity contribution >= 4 is 35.8 Å². The number of hydrogen-bond acceptors (Lipinski definition) is 16. The van der Waals surface area contributed by atoms with Gasteiger partial charge in [0.2, 0.25) is 0 Å². The number of aliphatic carboxylic acids is 2. The second kappa shape index (κ2) is 38.7. The molecule has 0 amide bonds. The van der Waals surface area contributed by atoms with Gasteiger partial charge in [-0.2, -0.15) is 0 Å². The molecule has 0 bridgehead atoms. The maximum Gasteiger partial charge on any atom is 0.335 e. The molecule has 0 aromatic rings. The van der Waals surface area contributed by atoms with Gasteiger partial charge < -0.3 is 84.2 Å². The SMILES string of the molecule is CCCCC(CC)CN=C(N)NC(N)=NCCCCCCN=C(N)NC(N)=NCC(CC)CCCC.O=C(O)[C@H](O)[C@H](O)[C@H](O)[C@@H](O)CO.O=C(O)[C@H](O)[C@H](O)[C@H](O)[C@@H](O)CO. The van der Waals surface area contributed by atoms with E-state index in [-0.39, 0.29) is 0 Å². The van der Waals surface area contributed by atoms with Crippen LogP contribution >= 0.6 is 0 Å². The lowest BCUT2D eigenvalue weighted by Crippen LogP contribution is -2.48. The highest BCUT2D eigenvalue weighted by Crippen LogP contribution is 2.13. The van der Waals surface area contributed by atoms with E-state index in [1.165, 1.54) is 38.5 Å². The van der Waals surface area contributed by atoms with Crippen LogP contribution in [0.5, 0.6) is 0 Å². The molecule has 0 saturated carbocycles. The standard InChI is InChI=1S/C26H56N10.2C6H12O7/c1-5-9-15-21(7-3)19-33-25(29)35-23(27)31-17-13-11-12-14-18-32-24(28)36-26(30)34-20-22(8-4)16-10-6-2;2*7-1-2(8)3(9)4(10)5(11)6(12)13/h21-22H,5-20H2,1-4H3,(H5,27,29,31,33,35)(H5,28,30,32,34,36);2*2-5,7-11H,1H2,(H,12,13)/t;2*2-,3+,4+,5+/m.00/s1. The Hall–Kier alpha value is -3.98. The van der Waals surface area contributed by atoms with Crippen LogP contribution in [-0.4, -0.2) is 185 Å². The van der Waals surface area contributed by atoms with Crippen LogP contribution in [0.15, 0.2) is 20.0 Å². The number of nitrogens with two attached hydrogens (primary N) is 4. The average Bonchev–Trinajstić information content (AvgIpc) is 3.25. The Morgan fingerprint density at radius 1 is 0.484 bits per heavy atom. The van der Waals surface area contributed by atoms with Crippen LogP contribution in [-0.2, 0) is 9.59 Å². The number of aliphatic hydroxyl groups excluding tert-OH is 10. The lowest BCUT2D eigenvalue weighted by atomic mass is 10.00. The Balaban J connectivity index is -0.00000108. The summed E-state index contributed by atoms with van der Waals surface area (Å²) in [5, 5.41) is 109. The summed E-state index contributed by atoms with van der Waals surface area (Å²) in [5.74, 6) is -1.01. The molecule has 0 rings (SSSR count). The summed E-state index contributed by atoms with van der Waals surface area (Å²) in [5.41, 5.74) is 23.7. The maximum absolute atomic E-state index is 10.1. The summed E-state index contributed by atoms with van der Waals surface area (Å²) >= 11 is 0. The van der Waals surface area contributed by atoms with E-state index in [0.717, 1.165) is 51.6 Å². The van der Waals surface area contributed by atoms with Crippen molar-refractivity contribution < 1.29 is 70.9 Å². The largest absolute Gasteiger partial charge is 0.479 e. The number of carboxylic acids is 2. The maximum atomic E-state index is 10.1. The van der Waals surface area contributed by atoms with Gasteiger partial charge in [0, 0.05) is 26.2 Å². The molecule has 0 fully saturated rings. The third-order valence-corrected chi connectivity index (χ3v) is 9.28. The van der Waals surface area contributed by atoms with Gasteiger partial charge in [-0.3, -0.25) is 30.6 Å². The van der Waals surface area contributed by atoms with Crippen molar-refractivity contribution in [3.05, 3.63) is 0 Å². The van der Waals surface area contributed by atoms with Crippen LogP contribution in [0.3, 0.4) is 0 Å². The predicted molar refractivity (Wildman–Crippen MR) is 235 cm³/mol. The second-order valence-electron chi connectivity index (χ2n) is 14.5. The molecule has 0 aromatic carbocycles. The molecule has 0 saturated heterocycles. The number of carboxylic acid groups (broad SMARTS) is 2. The number of nitrogens with zero attached hydrogens (tertiary/aromatic N) is 4. The van der Waals surface area contributed by atoms with Crippen LogP contribution < -0.4 is 33.6 Å². The molecule has 0 aliphatic heterocycles. The number of guanidine groups is 4. The van der Waals surface area contributed by atoms with Gasteiger partial charge in [-0.15, -0.1) is 0 Å². The van der Waals surface area contributed by atoms with Gasteiger partial charge in [0.15, 0.2) is 36.0 Å². The molecule has 24 heteroatoms. The zero-order chi connectivity index (χ0) is 48.2. The van der Waals surface area contributed by atoms with Crippen molar-refractivity contribution in [1.29, 1.82) is 0 Å². The zero-order valence-corrected chi connectivity index (χ0v) is 36.8. The van der Waals surface area contributed by atoms with Crippen molar-refractivity contribution in [3.8, 4) is 0 Å². The van der Waals surface area contributed by atoms with Gasteiger partial charge >= 0.3 is 11.9 Å². The van der Waals surface area contributed by atoms with Crippen LogP contribution in [0.1, 0.15) is 105 Å². The first kappa shape index (κ1) is 62.3. The Labute approximate surface area is 364 Å². The number of hydrogen-bond donors (Lipinski definition) is 18. The predicted octanol–water partition coefficient (Wildman–Crippen LogP) is -3.57. The summed E-state index contributed by atoms with van der Waals surface area (Å²) < 4.78 is 0. The van der Waals surface area contributed by atoms with E-state index in [1.54, 1.807) is 0 Å². The van der Waals surface area contributed by atoms with Crippen molar-refractivity contribution in [3.63, 3.8) is 0 Å². The molecule has 0 radical (unpaired) electrons. The second-order valence-corrected chi connectivity index (χ2v) is 14.5. The van der Waals surface area contributed by atoms with E-state index < -0.39 is 74.0 Å². The van der Waals surface area contributed by atoms with Gasteiger partial charge in [0.05, 0.1) is 13.2 Å². The first-order chi connectivity index (χ1) is 29.2. The highest BCUT2D eigenvalue weighted by Gasteiger charge is 2.34. The van der Waals surface area contributed by atoms with Gasteiger partial charge in [-0.25, -0.2) is 9.59 Å². The van der Waals surface area contributed by atoms with Crippen molar-refractivity contribution in [2.24, 2.45) is 54.7 Å². The van der Waals surface area contributed by atoms with Crippen LogP contribution in [0.25, 0.3) is 0 Å². The number of rotatable bonds is 29. The Bertz CT molecular complexity index is 1190. The first-order valence-corrected chi connectivity index (χ1v) is 21.0. The van der Waals surface area contributed by atoms with Gasteiger partial charge in [0.1, 0.15) is 36.6 Å². The molecule has 62 heavy (non-hydrogen) atoms. The molecule has 0 aliphatic carbocycles. The van der Waals surface area contributed by atoms with Crippen LogP contribution in [0.4, 0.5) is 0 Å². The Kier molecular flexibility index (Phi) is 38.9. The van der Waals surface area contributed by atoms with Gasteiger partial charge in [-0.05, 0) is 37.5 Å². The third kappa shape index (κ3) is 31.8. The third-order valence-electron chi connectivity index (χ3n) is 9.28. The normalized spacial score (nSPS) is 17.3. The van der Waals surface area contributed by atoms with E-state index in [4.69, 9.17) is 84.2 Å². The lowest BCUT2D eigenvalue weighted by Gasteiger charge is -2.23. The van der Waals surface area contributed by atoms with E-state index in [2.05, 4.69) is 58.3 Å². The highest BCUT2D eigenvalue weighted by atomic mass is 16.4. The molecule has 0 spiro atoms. The number of aliphatic imine (C=N–C) groups is 4. The van der Waals surface area contributed by atoms with Crippen LogP contribution in [0.2, 0.25) is 0 Å². The first-order valence-electron chi connectivity index (χ1n) is 21.0. The lowest BCUT2D eigenvalue weighted by molar-refractivity contribution is -0.164. The Morgan fingerprint density at radius 3 is 1.05 bits per heavy atom. The van der Waals surface area contributed by atoms with Crippen LogP contribution in [0, 0.1) is 11.8 Å². The summed E-state index contributed by atoms with van der Waals surface area (Å²) in [7, 11) is 0. The number of unbranched alkanes of at least 4 members (excludes halogenated alkanes) is 5. The van der Waals surface area contributed by atoms with Gasteiger partial charge in [-0.1, -0.05) is 79.1 Å². The fraction of sp³-hybridized carbons (Fsp3) is 0.842. The molecule has 366 valence electrons. The quantitative estimate of drug-likeness (QED) is 0.0196. The minimum absolute atomic E-state index is 0.316. The average molecular weight is 901 g/mol. The van der Waals surface area contributed by atoms with Gasteiger partial charge in [0.25, 0.3) is 0 Å². The number of aliphatic hydroxyl groups is 10. The molecule has 2 unspecified atom stereocenters. The molecule has 24 nitrogen and oxygen atoms in total. The zero-order valence-electron chi connectivity index (χ0n) is 36.8. The summed E-state index contributed by atoms with van der Waals surface area (Å²) in [6, 6.07) is 0. The summed E-state index contributed by atoms with van der Waals surface area (Å²) in [6.07, 6.45) is -2.26. The smallest absolute Gasteiger partial charge is 0.335 e. The molecule has 22 N–H and O–H groups in total. The topological polar surface area (TPSA) is 454 Å². The number of nitrogens with one attached hydrogen (secondary N) is 2. The minimum Gasteiger partial charge on any atom is -0.479 e. The number of carbonyl (C=O) groups is 2. The van der Waals surface area contributed by atoms with E-state index in [1.807, 2.05) is 0 Å². The molecule has 0 heterocycles. The monoisotopic (exact) mass is 901 g/mol.